The highest BCUT2D eigenvalue weighted by Gasteiger charge is 2.34. The predicted molar refractivity (Wildman–Crippen MR) is 162 cm³/mol. The average molecular weight is 611 g/mol. The molecule has 2 amide bonds. The number of halogens is 2. The number of carbonyl (C=O) groups is 2. The molecule has 0 spiro atoms. The van der Waals surface area contributed by atoms with Crippen LogP contribution in [0, 0.1) is 0 Å². The summed E-state index contributed by atoms with van der Waals surface area (Å²) in [6.07, 6.45) is 0.214. The lowest BCUT2D eigenvalue weighted by molar-refractivity contribution is -0.139. The second kappa shape index (κ2) is 13.7. The van der Waals surface area contributed by atoms with Gasteiger partial charge in [-0.2, -0.15) is 0 Å². The molecule has 7 nitrogen and oxygen atoms in total. The van der Waals surface area contributed by atoms with Crippen LogP contribution in [0.25, 0.3) is 0 Å². The number of rotatable bonds is 11. The monoisotopic (exact) mass is 609 g/mol. The minimum Gasteiger partial charge on any atom is -0.357 e. The number of benzene rings is 4. The summed E-state index contributed by atoms with van der Waals surface area (Å²) >= 11 is 12.5. The van der Waals surface area contributed by atoms with E-state index in [2.05, 4.69) is 5.32 Å². The third-order valence-corrected chi connectivity index (χ3v) is 8.95. The Morgan fingerprint density at radius 3 is 2.00 bits per heavy atom. The molecule has 1 atom stereocenters. The molecule has 0 saturated carbocycles. The van der Waals surface area contributed by atoms with Crippen LogP contribution in [0.15, 0.2) is 114 Å². The van der Waals surface area contributed by atoms with Crippen molar-refractivity contribution in [2.75, 3.05) is 17.9 Å². The van der Waals surface area contributed by atoms with Crippen molar-refractivity contribution in [1.82, 2.24) is 10.2 Å². The molecule has 0 bridgehead atoms. The zero-order valence-electron chi connectivity index (χ0n) is 22.3. The van der Waals surface area contributed by atoms with Crippen molar-refractivity contribution >= 4 is 50.7 Å². The predicted octanol–water partition coefficient (Wildman–Crippen LogP) is 5.57. The van der Waals surface area contributed by atoms with Crippen molar-refractivity contribution in [1.29, 1.82) is 0 Å². The van der Waals surface area contributed by atoms with E-state index in [1.807, 2.05) is 30.3 Å². The molecule has 0 unspecified atom stereocenters. The number of nitrogens with one attached hydrogen (secondary N) is 1. The van der Waals surface area contributed by atoms with Gasteiger partial charge in [0.15, 0.2) is 0 Å². The van der Waals surface area contributed by atoms with Gasteiger partial charge in [-0.1, -0.05) is 89.9 Å². The number of hydrogen-bond donors (Lipinski definition) is 1. The van der Waals surface area contributed by atoms with Crippen LogP contribution in [0.3, 0.4) is 0 Å². The first-order chi connectivity index (χ1) is 19.7. The first-order valence-electron chi connectivity index (χ1n) is 12.8. The van der Waals surface area contributed by atoms with Crippen LogP contribution in [0.4, 0.5) is 5.69 Å². The molecule has 10 heteroatoms. The summed E-state index contributed by atoms with van der Waals surface area (Å²) < 4.78 is 28.8. The van der Waals surface area contributed by atoms with Crippen molar-refractivity contribution in [3.8, 4) is 0 Å². The SMILES string of the molecule is CNC(=O)[C@@H](Cc1ccccc1)N(Cc1ccccc1Cl)C(=O)CN(c1ccccc1)S(=O)(=O)c1ccc(Cl)cc1. The molecule has 1 N–H and O–H groups in total. The Morgan fingerprint density at radius 2 is 1.39 bits per heavy atom. The van der Waals surface area contributed by atoms with Crippen LogP contribution < -0.4 is 9.62 Å². The van der Waals surface area contributed by atoms with E-state index in [1.165, 1.54) is 36.2 Å². The van der Waals surface area contributed by atoms with E-state index in [0.29, 0.717) is 21.3 Å². The first kappa shape index (κ1) is 30.1. The third-order valence-electron chi connectivity index (χ3n) is 6.54. The maximum Gasteiger partial charge on any atom is 0.264 e. The minimum atomic E-state index is -4.19. The molecule has 4 aromatic rings. The van der Waals surface area contributed by atoms with E-state index in [1.54, 1.807) is 54.6 Å². The standard InChI is InChI=1S/C31H29Cl2N3O4S/c1-34-31(38)29(20-23-10-4-2-5-11-23)35(21-24-12-8-9-15-28(24)33)30(37)22-36(26-13-6-3-7-14-26)41(39,40)27-18-16-25(32)17-19-27/h2-19,29H,20-22H2,1H3,(H,34,38)/t29-/m1/s1. The normalized spacial score (nSPS) is 11.9. The molecule has 0 aliphatic rings. The largest absolute Gasteiger partial charge is 0.357 e. The van der Waals surface area contributed by atoms with Crippen LogP contribution in [0.1, 0.15) is 11.1 Å². The molecule has 4 aromatic carbocycles. The van der Waals surface area contributed by atoms with Gasteiger partial charge < -0.3 is 10.2 Å². The molecule has 0 radical (unpaired) electrons. The Morgan fingerprint density at radius 1 is 0.805 bits per heavy atom. The summed E-state index contributed by atoms with van der Waals surface area (Å²) in [5.74, 6) is -0.961. The summed E-state index contributed by atoms with van der Waals surface area (Å²) in [7, 11) is -2.69. The van der Waals surface area contributed by atoms with Gasteiger partial charge in [-0.3, -0.25) is 13.9 Å². The first-order valence-corrected chi connectivity index (χ1v) is 15.0. The lowest BCUT2D eigenvalue weighted by atomic mass is 10.0. The van der Waals surface area contributed by atoms with Gasteiger partial charge in [-0.15, -0.1) is 0 Å². The second-order valence-electron chi connectivity index (χ2n) is 9.23. The average Bonchev–Trinajstić information content (AvgIpc) is 2.99. The molecule has 212 valence electrons. The molecule has 0 aromatic heterocycles. The number of para-hydroxylation sites is 1. The molecule has 0 aliphatic carbocycles. The van der Waals surface area contributed by atoms with E-state index >= 15 is 0 Å². The number of nitrogens with zero attached hydrogens (tertiary/aromatic N) is 2. The maximum atomic E-state index is 14.2. The van der Waals surface area contributed by atoms with E-state index in [0.717, 1.165) is 9.87 Å². The van der Waals surface area contributed by atoms with Crippen LogP contribution in [0.2, 0.25) is 10.0 Å². The topological polar surface area (TPSA) is 86.8 Å². The summed E-state index contributed by atoms with van der Waals surface area (Å²) in [4.78, 5) is 28.8. The molecular formula is C31H29Cl2N3O4S. The van der Waals surface area contributed by atoms with Gasteiger partial charge in [-0.25, -0.2) is 8.42 Å². The van der Waals surface area contributed by atoms with Gasteiger partial charge in [-0.05, 0) is 53.6 Å². The highest BCUT2D eigenvalue weighted by atomic mass is 35.5. The van der Waals surface area contributed by atoms with Gasteiger partial charge in [0.2, 0.25) is 11.8 Å². The van der Waals surface area contributed by atoms with Crippen LogP contribution in [-0.4, -0.2) is 44.8 Å². The summed E-state index contributed by atoms with van der Waals surface area (Å²) in [6, 6.07) is 29.5. The quantitative estimate of drug-likeness (QED) is 0.241. The highest BCUT2D eigenvalue weighted by molar-refractivity contribution is 7.92. The number of amides is 2. The summed E-state index contributed by atoms with van der Waals surface area (Å²) in [6.45, 7) is -0.561. The van der Waals surface area contributed by atoms with Gasteiger partial charge >= 0.3 is 0 Å². The smallest absolute Gasteiger partial charge is 0.264 e. The van der Waals surface area contributed by atoms with Crippen LogP contribution >= 0.6 is 23.2 Å². The van der Waals surface area contributed by atoms with Crippen molar-refractivity contribution < 1.29 is 18.0 Å². The molecule has 0 saturated heterocycles. The van der Waals surface area contributed by atoms with Crippen LogP contribution in [-0.2, 0) is 32.6 Å². The number of likely N-dealkylation sites (N-methyl/N-ethyl adjacent to an activating group) is 1. The molecule has 0 heterocycles. The maximum absolute atomic E-state index is 14.2. The van der Waals surface area contributed by atoms with Crippen molar-refractivity contribution in [2.45, 2.75) is 23.9 Å². The molecule has 0 fully saturated rings. The van der Waals surface area contributed by atoms with E-state index in [9.17, 15) is 18.0 Å². The minimum absolute atomic E-state index is 0.00690. The lowest BCUT2D eigenvalue weighted by Gasteiger charge is -2.33. The fraction of sp³-hybridized carbons (Fsp3) is 0.161. The van der Waals surface area contributed by atoms with Gasteiger partial charge in [0.1, 0.15) is 12.6 Å². The third kappa shape index (κ3) is 7.47. The number of carbonyl (C=O) groups excluding carboxylic acids is 2. The highest BCUT2D eigenvalue weighted by Crippen LogP contribution is 2.26. The fourth-order valence-corrected chi connectivity index (χ4v) is 6.12. The van der Waals surface area contributed by atoms with Gasteiger partial charge in [0.25, 0.3) is 10.0 Å². The Hall–Kier alpha value is -3.85. The Balaban J connectivity index is 1.78. The zero-order valence-corrected chi connectivity index (χ0v) is 24.6. The van der Waals surface area contributed by atoms with Crippen molar-refractivity contribution in [2.24, 2.45) is 0 Å². The Labute approximate surface area is 250 Å². The van der Waals surface area contributed by atoms with Gasteiger partial charge in [0.05, 0.1) is 10.6 Å². The molecule has 4 rings (SSSR count). The van der Waals surface area contributed by atoms with E-state index in [-0.39, 0.29) is 23.8 Å². The molecule has 0 aliphatic heterocycles. The number of anilines is 1. The molecule has 41 heavy (non-hydrogen) atoms. The van der Waals surface area contributed by atoms with Crippen molar-refractivity contribution in [3.05, 3.63) is 130 Å². The summed E-state index contributed by atoms with van der Waals surface area (Å²) in [5.41, 5.74) is 1.76. The number of sulfonamides is 1. The fourth-order valence-electron chi connectivity index (χ4n) is 4.39. The van der Waals surface area contributed by atoms with E-state index < -0.39 is 28.5 Å². The lowest BCUT2D eigenvalue weighted by Crippen LogP contribution is -2.53. The summed E-state index contributed by atoms with van der Waals surface area (Å²) in [5, 5.41) is 3.46. The Kier molecular flexibility index (Phi) is 10.0. The van der Waals surface area contributed by atoms with E-state index in [4.69, 9.17) is 23.2 Å². The zero-order chi connectivity index (χ0) is 29.4. The number of hydrogen-bond acceptors (Lipinski definition) is 4. The van der Waals surface area contributed by atoms with Crippen LogP contribution in [0.5, 0.6) is 0 Å². The second-order valence-corrected chi connectivity index (χ2v) is 11.9. The van der Waals surface area contributed by atoms with Crippen molar-refractivity contribution in [3.63, 3.8) is 0 Å². The Bertz CT molecular complexity index is 1580. The molecular weight excluding hydrogens is 581 g/mol. The van der Waals surface area contributed by atoms with Gasteiger partial charge in [0, 0.05) is 30.1 Å².